The molecule has 2 heterocycles. The van der Waals surface area contributed by atoms with Crippen molar-refractivity contribution in [1.82, 2.24) is 9.88 Å². The first-order chi connectivity index (χ1) is 9.00. The number of carbonyl (C=O) groups is 1. The second-order valence-electron chi connectivity index (χ2n) is 4.51. The average Bonchev–Trinajstić information content (AvgIpc) is 2.93. The van der Waals surface area contributed by atoms with E-state index >= 15 is 0 Å². The molecule has 0 aliphatic heterocycles. The number of rotatable bonds is 3. The summed E-state index contributed by atoms with van der Waals surface area (Å²) >= 11 is 1.65. The van der Waals surface area contributed by atoms with Gasteiger partial charge in [0.1, 0.15) is 0 Å². The van der Waals surface area contributed by atoms with Crippen LogP contribution in [0.5, 0.6) is 0 Å². The molecule has 5 heteroatoms. The zero-order chi connectivity index (χ0) is 14.0. The third kappa shape index (κ3) is 2.76. The minimum atomic E-state index is -0.0572. The van der Waals surface area contributed by atoms with E-state index in [0.29, 0.717) is 16.9 Å². The molecule has 2 aromatic rings. The number of nitrogens with zero attached hydrogens (tertiary/aromatic N) is 2. The number of hydrogen-bond donors (Lipinski definition) is 1. The first kappa shape index (κ1) is 13.5. The molecule has 0 aromatic carbocycles. The third-order valence-corrected chi connectivity index (χ3v) is 4.24. The van der Waals surface area contributed by atoms with Gasteiger partial charge in [0, 0.05) is 11.9 Å². The monoisotopic (exact) mass is 275 g/mol. The highest BCUT2D eigenvalue weighted by Gasteiger charge is 2.21. The highest BCUT2D eigenvalue weighted by atomic mass is 32.1. The van der Waals surface area contributed by atoms with Gasteiger partial charge in [-0.2, -0.15) is 0 Å². The Morgan fingerprint density at radius 1 is 1.53 bits per heavy atom. The first-order valence-electron chi connectivity index (χ1n) is 6.03. The molecule has 0 fully saturated rings. The number of nitrogens with two attached hydrogens (primary N) is 1. The number of carbonyl (C=O) groups excluding carboxylic acids is 1. The second-order valence-corrected chi connectivity index (χ2v) is 5.49. The summed E-state index contributed by atoms with van der Waals surface area (Å²) in [7, 11) is 1.80. The van der Waals surface area contributed by atoms with E-state index in [9.17, 15) is 4.79 Å². The summed E-state index contributed by atoms with van der Waals surface area (Å²) in [6.45, 7) is 3.83. The number of pyridine rings is 1. The number of thiophene rings is 1. The summed E-state index contributed by atoms with van der Waals surface area (Å²) in [5, 5.41) is 2.01. The Labute approximate surface area is 116 Å². The fourth-order valence-corrected chi connectivity index (χ4v) is 2.68. The molecule has 0 bridgehead atoms. The van der Waals surface area contributed by atoms with Crippen LogP contribution in [-0.2, 0) is 0 Å². The molecule has 2 aromatic heterocycles. The van der Waals surface area contributed by atoms with Gasteiger partial charge in [0.05, 0.1) is 29.2 Å². The highest BCUT2D eigenvalue weighted by Crippen LogP contribution is 2.25. The van der Waals surface area contributed by atoms with E-state index in [1.807, 2.05) is 31.4 Å². The predicted octanol–water partition coefficient (Wildman–Crippen LogP) is 2.87. The van der Waals surface area contributed by atoms with Gasteiger partial charge in [-0.15, -0.1) is 11.3 Å². The van der Waals surface area contributed by atoms with E-state index in [2.05, 4.69) is 4.98 Å². The van der Waals surface area contributed by atoms with Gasteiger partial charge in [0.15, 0.2) is 0 Å². The summed E-state index contributed by atoms with van der Waals surface area (Å²) in [6.07, 6.45) is 1.56. The molecule has 19 heavy (non-hydrogen) atoms. The summed E-state index contributed by atoms with van der Waals surface area (Å²) < 4.78 is 0. The van der Waals surface area contributed by atoms with Crippen LogP contribution in [0, 0.1) is 6.92 Å². The van der Waals surface area contributed by atoms with Gasteiger partial charge in [-0.05, 0) is 31.4 Å². The first-order valence-corrected chi connectivity index (χ1v) is 6.91. The van der Waals surface area contributed by atoms with Gasteiger partial charge in [-0.1, -0.05) is 6.07 Å². The average molecular weight is 275 g/mol. The molecular formula is C14H17N3OS. The van der Waals surface area contributed by atoms with Crippen molar-refractivity contribution in [3.8, 4) is 0 Å². The molecule has 4 nitrogen and oxygen atoms in total. The van der Waals surface area contributed by atoms with Crippen LogP contribution in [0.25, 0.3) is 0 Å². The van der Waals surface area contributed by atoms with Gasteiger partial charge in [0.25, 0.3) is 5.91 Å². The second kappa shape index (κ2) is 5.40. The van der Waals surface area contributed by atoms with Crippen molar-refractivity contribution in [3.05, 3.63) is 45.9 Å². The van der Waals surface area contributed by atoms with Crippen molar-refractivity contribution >= 4 is 22.9 Å². The summed E-state index contributed by atoms with van der Waals surface area (Å²) in [6, 6.07) is 5.74. The molecular weight excluding hydrogens is 258 g/mol. The van der Waals surface area contributed by atoms with Crippen LogP contribution in [0.4, 0.5) is 5.69 Å². The van der Waals surface area contributed by atoms with E-state index < -0.39 is 0 Å². The molecule has 0 spiro atoms. The zero-order valence-corrected chi connectivity index (χ0v) is 12.1. The van der Waals surface area contributed by atoms with Crippen LogP contribution in [0.1, 0.15) is 33.9 Å². The molecule has 0 radical (unpaired) electrons. The number of aromatic nitrogens is 1. The smallest absolute Gasteiger partial charge is 0.256 e. The van der Waals surface area contributed by atoms with Crippen LogP contribution in [-0.4, -0.2) is 22.8 Å². The van der Waals surface area contributed by atoms with Crippen LogP contribution in [0.2, 0.25) is 0 Å². The molecule has 2 rings (SSSR count). The Morgan fingerprint density at radius 2 is 2.26 bits per heavy atom. The Kier molecular flexibility index (Phi) is 3.85. The number of nitrogen functional groups attached to an aromatic ring is 1. The molecule has 100 valence electrons. The summed E-state index contributed by atoms with van der Waals surface area (Å²) in [5.41, 5.74) is 7.47. The SMILES string of the molecule is Cc1ncc(N)cc1C(=O)N(C)C(C)c1cccs1. The van der Waals surface area contributed by atoms with Crippen LogP contribution in [0.3, 0.4) is 0 Å². The normalized spacial score (nSPS) is 12.2. The van der Waals surface area contributed by atoms with Gasteiger partial charge in [-0.3, -0.25) is 9.78 Å². The van der Waals surface area contributed by atoms with Crippen molar-refractivity contribution in [3.63, 3.8) is 0 Å². The lowest BCUT2D eigenvalue weighted by Crippen LogP contribution is -2.30. The van der Waals surface area contributed by atoms with E-state index in [4.69, 9.17) is 5.73 Å². The van der Waals surface area contributed by atoms with E-state index in [0.717, 1.165) is 4.88 Å². The summed E-state index contributed by atoms with van der Waals surface area (Å²) in [5.74, 6) is -0.0572. The number of hydrogen-bond acceptors (Lipinski definition) is 4. The Morgan fingerprint density at radius 3 is 2.89 bits per heavy atom. The molecule has 0 saturated heterocycles. The molecule has 0 aliphatic rings. The highest BCUT2D eigenvalue weighted by molar-refractivity contribution is 7.10. The minimum Gasteiger partial charge on any atom is -0.397 e. The maximum Gasteiger partial charge on any atom is 0.256 e. The van der Waals surface area contributed by atoms with Crippen molar-refractivity contribution in [1.29, 1.82) is 0 Å². The Bertz CT molecular complexity index is 580. The van der Waals surface area contributed by atoms with E-state index in [1.165, 1.54) is 0 Å². The number of anilines is 1. The Balaban J connectivity index is 2.26. The molecule has 1 atom stereocenters. The fraction of sp³-hybridized carbons (Fsp3) is 0.286. The van der Waals surface area contributed by atoms with Crippen molar-refractivity contribution in [2.75, 3.05) is 12.8 Å². The van der Waals surface area contributed by atoms with Crippen LogP contribution >= 0.6 is 11.3 Å². The van der Waals surface area contributed by atoms with E-state index in [-0.39, 0.29) is 11.9 Å². The zero-order valence-electron chi connectivity index (χ0n) is 11.3. The predicted molar refractivity (Wildman–Crippen MR) is 78.2 cm³/mol. The Hall–Kier alpha value is -1.88. The largest absolute Gasteiger partial charge is 0.397 e. The van der Waals surface area contributed by atoms with Gasteiger partial charge >= 0.3 is 0 Å². The lowest BCUT2D eigenvalue weighted by molar-refractivity contribution is 0.0744. The number of aryl methyl sites for hydroxylation is 1. The quantitative estimate of drug-likeness (QED) is 0.937. The molecule has 1 amide bonds. The van der Waals surface area contributed by atoms with Crippen molar-refractivity contribution < 1.29 is 4.79 Å². The lowest BCUT2D eigenvalue weighted by Gasteiger charge is -2.24. The third-order valence-electron chi connectivity index (χ3n) is 3.19. The van der Waals surface area contributed by atoms with Crippen molar-refractivity contribution in [2.45, 2.75) is 19.9 Å². The van der Waals surface area contributed by atoms with Gasteiger partial charge < -0.3 is 10.6 Å². The maximum absolute atomic E-state index is 12.5. The summed E-state index contributed by atoms with van der Waals surface area (Å²) in [4.78, 5) is 19.5. The topological polar surface area (TPSA) is 59.2 Å². The van der Waals surface area contributed by atoms with Crippen molar-refractivity contribution in [2.24, 2.45) is 0 Å². The van der Waals surface area contributed by atoms with Gasteiger partial charge in [-0.25, -0.2) is 0 Å². The van der Waals surface area contributed by atoms with Gasteiger partial charge in [0.2, 0.25) is 0 Å². The minimum absolute atomic E-state index is 0.0355. The van der Waals surface area contributed by atoms with E-state index in [1.54, 1.807) is 35.5 Å². The maximum atomic E-state index is 12.5. The van der Waals surface area contributed by atoms with Crippen LogP contribution < -0.4 is 5.73 Å². The standard InChI is InChI=1S/C14H17N3OS/c1-9-12(7-11(15)8-16-9)14(18)17(3)10(2)13-5-4-6-19-13/h4-8,10H,15H2,1-3H3. The molecule has 0 saturated carbocycles. The number of amides is 1. The molecule has 1 unspecified atom stereocenters. The lowest BCUT2D eigenvalue weighted by atomic mass is 10.1. The fourth-order valence-electron chi connectivity index (χ4n) is 1.85. The molecule has 2 N–H and O–H groups in total. The van der Waals surface area contributed by atoms with Crippen LogP contribution in [0.15, 0.2) is 29.8 Å². The molecule has 0 aliphatic carbocycles.